The summed E-state index contributed by atoms with van der Waals surface area (Å²) in [6.45, 7) is 2.21. The molecule has 1 aromatic heterocycles. The molecule has 0 aromatic carbocycles. The Morgan fingerprint density at radius 3 is 2.93 bits per heavy atom. The summed E-state index contributed by atoms with van der Waals surface area (Å²) in [7, 11) is 0. The van der Waals surface area contributed by atoms with E-state index in [4.69, 9.17) is 4.42 Å². The Morgan fingerprint density at radius 1 is 1.73 bits per heavy atom. The number of carboxylic acids is 1. The van der Waals surface area contributed by atoms with Crippen molar-refractivity contribution in [2.24, 2.45) is 5.92 Å². The van der Waals surface area contributed by atoms with Gasteiger partial charge in [-0.05, 0) is 37.8 Å². The van der Waals surface area contributed by atoms with Crippen LogP contribution in [0, 0.1) is 5.92 Å². The molecule has 0 bridgehead atoms. The lowest BCUT2D eigenvalue weighted by atomic mass is 9.96. The van der Waals surface area contributed by atoms with E-state index in [1.54, 1.807) is 19.3 Å². The highest BCUT2D eigenvalue weighted by molar-refractivity contribution is 5.79. The average molecular weight is 209 g/mol. The van der Waals surface area contributed by atoms with Crippen LogP contribution in [0.15, 0.2) is 22.8 Å². The van der Waals surface area contributed by atoms with Crippen LogP contribution in [-0.4, -0.2) is 16.6 Å². The molecule has 1 fully saturated rings. The first kappa shape index (κ1) is 10.2. The van der Waals surface area contributed by atoms with Crippen molar-refractivity contribution in [2.45, 2.75) is 31.8 Å². The minimum absolute atomic E-state index is 0.255. The second-order valence-corrected chi connectivity index (χ2v) is 4.21. The van der Waals surface area contributed by atoms with Gasteiger partial charge in [0.2, 0.25) is 0 Å². The summed E-state index contributed by atoms with van der Waals surface area (Å²) < 4.78 is 5.15. The van der Waals surface area contributed by atoms with E-state index in [9.17, 15) is 9.90 Å². The first-order valence-electron chi connectivity index (χ1n) is 5.14. The lowest BCUT2D eigenvalue weighted by molar-refractivity contribution is -0.145. The largest absolute Gasteiger partial charge is 0.480 e. The summed E-state index contributed by atoms with van der Waals surface area (Å²) in [5.41, 5.74) is -0.813. The second-order valence-electron chi connectivity index (χ2n) is 4.21. The smallest absolute Gasteiger partial charge is 0.323 e. The molecule has 4 heteroatoms. The molecule has 1 unspecified atom stereocenters. The zero-order valence-corrected chi connectivity index (χ0v) is 8.69. The van der Waals surface area contributed by atoms with E-state index >= 15 is 0 Å². The lowest BCUT2D eigenvalue weighted by Crippen LogP contribution is -2.51. The quantitative estimate of drug-likeness (QED) is 0.773. The minimum Gasteiger partial charge on any atom is -0.480 e. The first-order chi connectivity index (χ1) is 7.13. The second kappa shape index (κ2) is 3.70. The van der Waals surface area contributed by atoms with Crippen molar-refractivity contribution >= 4 is 5.97 Å². The van der Waals surface area contributed by atoms with Crippen molar-refractivity contribution in [1.29, 1.82) is 0 Å². The van der Waals surface area contributed by atoms with Crippen LogP contribution in [0.2, 0.25) is 0 Å². The molecule has 0 radical (unpaired) electrons. The van der Waals surface area contributed by atoms with Gasteiger partial charge in [-0.1, -0.05) is 0 Å². The molecule has 82 valence electrons. The number of nitrogens with one attached hydrogen (secondary N) is 1. The molecule has 1 heterocycles. The number of carboxylic acid groups (broad SMARTS) is 1. The van der Waals surface area contributed by atoms with Crippen molar-refractivity contribution < 1.29 is 14.3 Å². The molecular formula is C11H15NO3. The van der Waals surface area contributed by atoms with E-state index in [0.29, 0.717) is 6.54 Å². The Labute approximate surface area is 88.3 Å². The van der Waals surface area contributed by atoms with Crippen LogP contribution in [-0.2, 0) is 11.3 Å². The molecular weight excluding hydrogens is 194 g/mol. The molecule has 15 heavy (non-hydrogen) atoms. The maximum absolute atomic E-state index is 11.2. The molecule has 2 rings (SSSR count). The molecule has 4 nitrogen and oxygen atoms in total. The maximum Gasteiger partial charge on any atom is 0.323 e. The molecule has 1 saturated carbocycles. The van der Waals surface area contributed by atoms with Crippen LogP contribution in [0.1, 0.15) is 25.5 Å². The number of hydrogen-bond acceptors (Lipinski definition) is 3. The SMILES string of the molecule is CC(NCc1ccco1)(C(=O)O)C1CC1. The first-order valence-corrected chi connectivity index (χ1v) is 5.14. The highest BCUT2D eigenvalue weighted by Gasteiger charge is 2.47. The Morgan fingerprint density at radius 2 is 2.47 bits per heavy atom. The monoisotopic (exact) mass is 209 g/mol. The number of furan rings is 1. The van der Waals surface area contributed by atoms with Gasteiger partial charge in [-0.15, -0.1) is 0 Å². The van der Waals surface area contributed by atoms with Crippen LogP contribution >= 0.6 is 0 Å². The van der Waals surface area contributed by atoms with Crippen LogP contribution in [0.4, 0.5) is 0 Å². The Kier molecular flexibility index (Phi) is 2.52. The summed E-state index contributed by atoms with van der Waals surface area (Å²) in [6, 6.07) is 3.63. The zero-order valence-electron chi connectivity index (χ0n) is 8.69. The molecule has 2 N–H and O–H groups in total. The number of aliphatic carboxylic acids is 1. The third kappa shape index (κ3) is 2.04. The third-order valence-electron chi connectivity index (χ3n) is 3.05. The average Bonchev–Trinajstić information content (AvgIpc) is 2.93. The molecule has 0 spiro atoms. The summed E-state index contributed by atoms with van der Waals surface area (Å²) >= 11 is 0. The fraction of sp³-hybridized carbons (Fsp3) is 0.545. The van der Waals surface area contributed by atoms with Crippen molar-refractivity contribution in [3.63, 3.8) is 0 Å². The predicted molar refractivity (Wildman–Crippen MR) is 54.3 cm³/mol. The number of hydrogen-bond donors (Lipinski definition) is 2. The van der Waals surface area contributed by atoms with Crippen LogP contribution in [0.3, 0.4) is 0 Å². The standard InChI is InChI=1S/C11H15NO3/c1-11(10(13)14,8-4-5-8)12-7-9-3-2-6-15-9/h2-3,6,8,12H,4-5,7H2,1H3,(H,13,14). The van der Waals surface area contributed by atoms with Gasteiger partial charge in [0.05, 0.1) is 12.8 Å². The third-order valence-corrected chi connectivity index (χ3v) is 3.05. The van der Waals surface area contributed by atoms with Crippen molar-refractivity contribution in [3.8, 4) is 0 Å². The summed E-state index contributed by atoms with van der Waals surface area (Å²) in [6.07, 6.45) is 3.58. The van der Waals surface area contributed by atoms with Crippen molar-refractivity contribution in [1.82, 2.24) is 5.32 Å². The van der Waals surface area contributed by atoms with Gasteiger partial charge in [0.25, 0.3) is 0 Å². The molecule has 0 amide bonds. The highest BCUT2D eigenvalue weighted by Crippen LogP contribution is 2.39. The molecule has 1 atom stereocenters. The van der Waals surface area contributed by atoms with E-state index in [1.165, 1.54) is 0 Å². The number of carbonyl (C=O) groups is 1. The molecule has 1 aliphatic rings. The Bertz CT molecular complexity index is 343. The van der Waals surface area contributed by atoms with Crippen LogP contribution < -0.4 is 5.32 Å². The molecule has 1 aliphatic carbocycles. The highest BCUT2D eigenvalue weighted by atomic mass is 16.4. The van der Waals surface area contributed by atoms with E-state index in [1.807, 2.05) is 6.07 Å². The molecule has 1 aromatic rings. The lowest BCUT2D eigenvalue weighted by Gasteiger charge is -2.25. The van der Waals surface area contributed by atoms with Gasteiger partial charge in [-0.2, -0.15) is 0 Å². The van der Waals surface area contributed by atoms with E-state index in [0.717, 1.165) is 18.6 Å². The van der Waals surface area contributed by atoms with Crippen molar-refractivity contribution in [3.05, 3.63) is 24.2 Å². The van der Waals surface area contributed by atoms with Gasteiger partial charge in [0.1, 0.15) is 11.3 Å². The molecule has 0 aliphatic heterocycles. The van der Waals surface area contributed by atoms with Gasteiger partial charge in [-0.25, -0.2) is 0 Å². The fourth-order valence-corrected chi connectivity index (χ4v) is 1.74. The predicted octanol–water partition coefficient (Wildman–Crippen LogP) is 1.62. The normalized spacial score (nSPS) is 19.8. The van der Waals surface area contributed by atoms with Gasteiger partial charge in [0, 0.05) is 0 Å². The van der Waals surface area contributed by atoms with E-state index in [2.05, 4.69) is 5.32 Å². The van der Waals surface area contributed by atoms with Crippen LogP contribution in [0.25, 0.3) is 0 Å². The van der Waals surface area contributed by atoms with Gasteiger partial charge < -0.3 is 9.52 Å². The van der Waals surface area contributed by atoms with Crippen molar-refractivity contribution in [2.75, 3.05) is 0 Å². The maximum atomic E-state index is 11.2. The van der Waals surface area contributed by atoms with Gasteiger partial charge in [0.15, 0.2) is 0 Å². The summed E-state index contributed by atoms with van der Waals surface area (Å²) in [5.74, 6) is 0.240. The Hall–Kier alpha value is -1.29. The molecule has 0 saturated heterocycles. The minimum atomic E-state index is -0.813. The summed E-state index contributed by atoms with van der Waals surface area (Å²) in [5, 5.41) is 12.2. The fourth-order valence-electron chi connectivity index (χ4n) is 1.74. The summed E-state index contributed by atoms with van der Waals surface area (Å²) in [4.78, 5) is 11.2. The van der Waals surface area contributed by atoms with E-state index in [-0.39, 0.29) is 5.92 Å². The Balaban J connectivity index is 1.98. The van der Waals surface area contributed by atoms with Crippen LogP contribution in [0.5, 0.6) is 0 Å². The number of rotatable bonds is 5. The zero-order chi connectivity index (χ0) is 10.9. The topological polar surface area (TPSA) is 62.5 Å². The van der Waals surface area contributed by atoms with Gasteiger partial charge >= 0.3 is 5.97 Å². The van der Waals surface area contributed by atoms with E-state index < -0.39 is 11.5 Å². The van der Waals surface area contributed by atoms with Gasteiger partial charge in [-0.3, -0.25) is 10.1 Å².